The van der Waals surface area contributed by atoms with Crippen molar-refractivity contribution >= 4 is 75.5 Å². The lowest BCUT2D eigenvalue weighted by atomic mass is 9.88. The SMILES string of the molecule is c1ccc([S+](c2c(-c3cccc4ccccc34)cc(-c3cccc4ccccc34)cc2-c2cccc3ccccc23)c2c(-c3cccc4ccccc34)cc(-c3cccc4ccccc34)cc2-c2cccc3ccccc23)cc1. The van der Waals surface area contributed by atoms with Gasteiger partial charge in [0.05, 0.1) is 0 Å². The van der Waals surface area contributed by atoms with Crippen LogP contribution >= 0.6 is 0 Å². The van der Waals surface area contributed by atoms with Gasteiger partial charge in [-0.2, -0.15) is 0 Å². The Bertz CT molecular complexity index is 4330. The van der Waals surface area contributed by atoms with Crippen molar-refractivity contribution in [3.63, 3.8) is 0 Å². The summed E-state index contributed by atoms with van der Waals surface area (Å²) in [5.41, 5.74) is 14.4. The third-order valence-corrected chi connectivity index (χ3v) is 18.5. The maximum absolute atomic E-state index is 2.54. The molecule has 0 N–H and O–H groups in total. The van der Waals surface area contributed by atoms with Crippen molar-refractivity contribution in [3.8, 4) is 66.8 Å². The van der Waals surface area contributed by atoms with E-state index in [4.69, 9.17) is 0 Å². The molecule has 368 valence electrons. The van der Waals surface area contributed by atoms with Crippen molar-refractivity contribution in [2.75, 3.05) is 0 Å². The van der Waals surface area contributed by atoms with Crippen molar-refractivity contribution < 1.29 is 0 Å². The fraction of sp³-hybridized carbons (Fsp3) is 0. The number of benzene rings is 15. The Morgan fingerprint density at radius 2 is 0.380 bits per heavy atom. The molecule has 0 aliphatic heterocycles. The first-order valence-corrected chi connectivity index (χ1v) is 28.5. The van der Waals surface area contributed by atoms with Crippen LogP contribution in [0.4, 0.5) is 0 Å². The second kappa shape index (κ2) is 19.7. The van der Waals surface area contributed by atoms with Crippen molar-refractivity contribution in [2.45, 2.75) is 14.7 Å². The van der Waals surface area contributed by atoms with Crippen LogP contribution in [0.3, 0.4) is 0 Å². The molecular formula is C78H51S+. The van der Waals surface area contributed by atoms with Crippen LogP contribution in [0.2, 0.25) is 0 Å². The smallest absolute Gasteiger partial charge is 0.0619 e. The highest BCUT2D eigenvalue weighted by molar-refractivity contribution is 7.97. The first kappa shape index (κ1) is 46.5. The molecule has 0 unspecified atom stereocenters. The van der Waals surface area contributed by atoms with Crippen LogP contribution in [0.25, 0.3) is 131 Å². The lowest BCUT2D eigenvalue weighted by Crippen LogP contribution is -2.13. The van der Waals surface area contributed by atoms with Crippen molar-refractivity contribution in [2.24, 2.45) is 0 Å². The molecule has 0 nitrogen and oxygen atoms in total. The van der Waals surface area contributed by atoms with Gasteiger partial charge >= 0.3 is 0 Å². The van der Waals surface area contributed by atoms with E-state index < -0.39 is 10.9 Å². The van der Waals surface area contributed by atoms with Gasteiger partial charge in [-0.1, -0.05) is 273 Å². The summed E-state index contributed by atoms with van der Waals surface area (Å²) in [4.78, 5) is 3.80. The van der Waals surface area contributed by atoms with E-state index in [9.17, 15) is 0 Å². The molecule has 0 heterocycles. The lowest BCUT2D eigenvalue weighted by Gasteiger charge is -2.24. The molecule has 15 aromatic rings. The third-order valence-electron chi connectivity index (χ3n) is 16.1. The minimum Gasteiger partial charge on any atom is -0.0619 e. The quantitative estimate of drug-likeness (QED) is 0.126. The molecule has 0 aromatic heterocycles. The largest absolute Gasteiger partial charge is 0.182 e. The van der Waals surface area contributed by atoms with Gasteiger partial charge in [-0.25, -0.2) is 0 Å². The molecule has 0 spiro atoms. The van der Waals surface area contributed by atoms with E-state index >= 15 is 0 Å². The average Bonchev–Trinajstić information content (AvgIpc) is 3.70. The Morgan fingerprint density at radius 1 is 0.165 bits per heavy atom. The first-order chi connectivity index (χ1) is 39.2. The van der Waals surface area contributed by atoms with Crippen LogP contribution in [0, 0.1) is 0 Å². The number of rotatable bonds is 9. The van der Waals surface area contributed by atoms with Crippen LogP contribution in [-0.2, 0) is 10.9 Å². The van der Waals surface area contributed by atoms with E-state index in [-0.39, 0.29) is 0 Å². The minimum absolute atomic E-state index is 0.818. The monoisotopic (exact) mass is 1020 g/mol. The summed E-state index contributed by atoms with van der Waals surface area (Å²) in [6, 6.07) is 116. The van der Waals surface area contributed by atoms with E-state index in [0.29, 0.717) is 0 Å². The zero-order valence-corrected chi connectivity index (χ0v) is 44.2. The molecule has 15 rings (SSSR count). The van der Waals surface area contributed by atoms with Gasteiger partial charge in [-0.3, -0.25) is 0 Å². The first-order valence-electron chi connectivity index (χ1n) is 27.3. The molecule has 0 bridgehead atoms. The topological polar surface area (TPSA) is 0 Å². The lowest BCUT2D eigenvalue weighted by molar-refractivity contribution is 1.32. The maximum atomic E-state index is 2.54. The highest BCUT2D eigenvalue weighted by Crippen LogP contribution is 2.54. The summed E-state index contributed by atoms with van der Waals surface area (Å²) in [5, 5.41) is 14.6. The Kier molecular flexibility index (Phi) is 11.6. The predicted molar refractivity (Wildman–Crippen MR) is 339 cm³/mol. The molecule has 0 aliphatic rings. The Morgan fingerprint density at radius 3 is 0.658 bits per heavy atom. The van der Waals surface area contributed by atoms with E-state index in [1.807, 2.05) is 0 Å². The zero-order valence-electron chi connectivity index (χ0n) is 43.4. The van der Waals surface area contributed by atoms with E-state index in [0.717, 1.165) is 0 Å². The zero-order chi connectivity index (χ0) is 52.2. The molecule has 79 heavy (non-hydrogen) atoms. The fourth-order valence-corrected chi connectivity index (χ4v) is 15.2. The van der Waals surface area contributed by atoms with Gasteiger partial charge < -0.3 is 0 Å². The van der Waals surface area contributed by atoms with Crippen molar-refractivity contribution in [1.29, 1.82) is 0 Å². The molecule has 15 aromatic carbocycles. The molecule has 0 aliphatic carbocycles. The normalized spacial score (nSPS) is 11.7. The number of fused-ring (bicyclic) bond motifs is 6. The van der Waals surface area contributed by atoms with Crippen LogP contribution < -0.4 is 0 Å². The standard InChI is InChI=1S/C78H51S/c1-2-34-60(35-3-1)79(77-73(69-44-18-30-54-24-6-12-38-63(54)69)48-58(67-42-16-28-52-22-4-10-36-61(52)67)49-74(77)70-45-19-31-55-25-7-13-39-64(55)70)78-75(71-46-20-32-56-26-8-14-40-65(56)71)50-59(68-43-17-29-53-23-5-11-37-62(53)68)51-76(78)72-47-21-33-57-27-9-15-41-66(57)72/h1-51H/q+1. The van der Waals surface area contributed by atoms with E-state index in [1.165, 1.54) is 146 Å². The number of hydrogen-bond acceptors (Lipinski definition) is 0. The minimum atomic E-state index is -0.818. The third kappa shape index (κ3) is 8.09. The summed E-state index contributed by atoms with van der Waals surface area (Å²) < 4.78 is 0. The van der Waals surface area contributed by atoms with Crippen LogP contribution in [0.1, 0.15) is 0 Å². The van der Waals surface area contributed by atoms with Crippen LogP contribution in [-0.4, -0.2) is 0 Å². The summed E-state index contributed by atoms with van der Waals surface area (Å²) in [6.07, 6.45) is 0. The summed E-state index contributed by atoms with van der Waals surface area (Å²) >= 11 is 0. The molecule has 0 fully saturated rings. The van der Waals surface area contributed by atoms with Gasteiger partial charge in [0.25, 0.3) is 0 Å². The molecule has 0 saturated carbocycles. The van der Waals surface area contributed by atoms with Gasteiger partial charge in [0, 0.05) is 22.3 Å². The average molecular weight is 1020 g/mol. The van der Waals surface area contributed by atoms with Gasteiger partial charge in [0.15, 0.2) is 14.7 Å². The summed E-state index contributed by atoms with van der Waals surface area (Å²) in [5.74, 6) is 0. The second-order valence-corrected chi connectivity index (χ2v) is 22.5. The van der Waals surface area contributed by atoms with E-state index in [2.05, 4.69) is 309 Å². The van der Waals surface area contributed by atoms with E-state index in [1.54, 1.807) is 0 Å². The molecule has 0 radical (unpaired) electrons. The molecule has 0 saturated heterocycles. The van der Waals surface area contributed by atoms with Gasteiger partial charge in [0.2, 0.25) is 0 Å². The highest BCUT2D eigenvalue weighted by Gasteiger charge is 2.41. The maximum Gasteiger partial charge on any atom is 0.182 e. The highest BCUT2D eigenvalue weighted by atomic mass is 32.2. The van der Waals surface area contributed by atoms with Crippen LogP contribution in [0.5, 0.6) is 0 Å². The summed E-state index contributed by atoms with van der Waals surface area (Å²) in [7, 11) is -0.818. The van der Waals surface area contributed by atoms with Crippen molar-refractivity contribution in [1.82, 2.24) is 0 Å². The second-order valence-electron chi connectivity index (χ2n) is 20.6. The fourth-order valence-electron chi connectivity index (χ4n) is 12.5. The molecule has 0 atom stereocenters. The summed E-state index contributed by atoms with van der Waals surface area (Å²) in [6.45, 7) is 0. The van der Waals surface area contributed by atoms with Crippen molar-refractivity contribution in [3.05, 3.63) is 309 Å². The Labute approximate surface area is 463 Å². The molecule has 1 heteroatoms. The van der Waals surface area contributed by atoms with Gasteiger partial charge in [0.1, 0.15) is 10.9 Å². The Hall–Kier alpha value is -9.79. The molecular weight excluding hydrogens is 969 g/mol. The molecule has 0 amide bonds. The van der Waals surface area contributed by atoms with Gasteiger partial charge in [-0.15, -0.1) is 0 Å². The Balaban J connectivity index is 1.19. The predicted octanol–water partition coefficient (Wildman–Crippen LogP) is 21.7. The van der Waals surface area contributed by atoms with Crippen LogP contribution in [0.15, 0.2) is 324 Å². The van der Waals surface area contributed by atoms with Gasteiger partial charge in [-0.05, 0) is 146 Å². The number of hydrogen-bond donors (Lipinski definition) is 0.